The lowest BCUT2D eigenvalue weighted by molar-refractivity contribution is -0.284. The van der Waals surface area contributed by atoms with E-state index in [2.05, 4.69) is 0 Å². The number of hydrogen-bond donors (Lipinski definition) is 16. The Hall–Kier alpha value is -9.63. The minimum absolute atomic E-state index is 0.393. The monoisotopic (exact) mass is 952 g/mol. The van der Waals surface area contributed by atoms with Crippen molar-refractivity contribution < 1.29 is 134 Å². The predicted octanol–water partition coefficient (Wildman–Crippen LogP) is 1.57. The molecule has 1 fully saturated rings. The highest BCUT2D eigenvalue weighted by Crippen LogP contribution is 2.59. The highest BCUT2D eigenvalue weighted by atomic mass is 16.7. The summed E-state index contributed by atoms with van der Waals surface area (Å²) in [6, 6.07) is 2.23. The van der Waals surface area contributed by atoms with Crippen LogP contribution >= 0.6 is 0 Å². The molecule has 3 heterocycles. The fraction of sp³-hybridized carbons (Fsp3) is 0.146. The van der Waals surface area contributed by atoms with Crippen molar-refractivity contribution in [3.63, 3.8) is 0 Å². The van der Waals surface area contributed by atoms with Crippen LogP contribution in [-0.2, 0) is 23.7 Å². The maximum absolute atomic E-state index is 14.9. The first-order valence-corrected chi connectivity index (χ1v) is 18.7. The zero-order chi connectivity index (χ0) is 49.7. The average Bonchev–Trinajstić information content (AvgIpc) is 3.30. The largest absolute Gasteiger partial charge is 0.504 e. The number of rotatable bonds is 3. The number of carbonyl (C=O) groups is 5. The molecular formula is C41H28O27. The molecule has 3 aliphatic rings. The van der Waals surface area contributed by atoms with E-state index in [-0.39, 0.29) is 0 Å². The smallest absolute Gasteiger partial charge is 0.343 e. The van der Waals surface area contributed by atoms with Gasteiger partial charge in [0.1, 0.15) is 18.3 Å². The fourth-order valence-electron chi connectivity index (χ4n) is 7.53. The summed E-state index contributed by atoms with van der Waals surface area (Å²) in [5.41, 5.74) is -10.3. The van der Waals surface area contributed by atoms with Crippen LogP contribution in [0.25, 0.3) is 22.3 Å². The van der Waals surface area contributed by atoms with Crippen molar-refractivity contribution >= 4 is 29.8 Å². The molecular weight excluding hydrogens is 924 g/mol. The number of aromatic hydroxyl groups is 14. The lowest BCUT2D eigenvalue weighted by atomic mass is 9.90. The van der Waals surface area contributed by atoms with Crippen LogP contribution in [0.2, 0.25) is 0 Å². The molecule has 8 rings (SSSR count). The molecule has 0 spiro atoms. The van der Waals surface area contributed by atoms with Crippen LogP contribution in [0.5, 0.6) is 92.0 Å². The van der Waals surface area contributed by atoms with Gasteiger partial charge in [0.05, 0.1) is 27.8 Å². The van der Waals surface area contributed by atoms with E-state index in [1.165, 1.54) is 0 Å². The van der Waals surface area contributed by atoms with Crippen LogP contribution < -0.4 is 4.74 Å². The highest BCUT2D eigenvalue weighted by Gasteiger charge is 2.54. The predicted molar refractivity (Wildman–Crippen MR) is 209 cm³/mol. The van der Waals surface area contributed by atoms with Crippen LogP contribution in [0, 0.1) is 0 Å². The highest BCUT2D eigenvalue weighted by molar-refractivity contribution is 6.11. The molecule has 16 N–H and O–H groups in total. The van der Waals surface area contributed by atoms with Crippen molar-refractivity contribution in [2.75, 3.05) is 6.61 Å². The Morgan fingerprint density at radius 1 is 0.471 bits per heavy atom. The molecule has 0 saturated carbocycles. The second-order valence-electron chi connectivity index (χ2n) is 14.7. The first kappa shape index (κ1) is 45.0. The third kappa shape index (κ3) is 6.80. The number of aliphatic hydroxyl groups excluding tert-OH is 1. The van der Waals surface area contributed by atoms with Gasteiger partial charge in [-0.1, -0.05) is 0 Å². The topological polar surface area (TPSA) is 464 Å². The molecule has 0 amide bonds. The Labute approximate surface area is 373 Å². The Kier molecular flexibility index (Phi) is 10.5. The summed E-state index contributed by atoms with van der Waals surface area (Å²) < 4.78 is 32.9. The molecule has 354 valence electrons. The van der Waals surface area contributed by atoms with Gasteiger partial charge in [-0.05, 0) is 30.3 Å². The number of hydrogen-bond acceptors (Lipinski definition) is 26. The van der Waals surface area contributed by atoms with Crippen LogP contribution in [0.3, 0.4) is 0 Å². The number of phenols is 14. The summed E-state index contributed by atoms with van der Waals surface area (Å²) in [7, 11) is 0. The van der Waals surface area contributed by atoms with Gasteiger partial charge >= 0.3 is 29.8 Å². The zero-order valence-corrected chi connectivity index (χ0v) is 33.1. The molecule has 0 aliphatic carbocycles. The van der Waals surface area contributed by atoms with Crippen molar-refractivity contribution in [2.45, 2.75) is 30.7 Å². The van der Waals surface area contributed by atoms with Crippen LogP contribution in [-0.4, -0.2) is 149 Å². The summed E-state index contributed by atoms with van der Waals surface area (Å²) in [5, 5.41) is 172. The number of carboxylic acids is 1. The molecule has 0 aromatic heterocycles. The number of carboxylic acid groups (broad SMARTS) is 1. The molecule has 5 aromatic rings. The van der Waals surface area contributed by atoms with E-state index in [1.807, 2.05) is 0 Å². The Balaban J connectivity index is 1.39. The standard InChI is InChI=1S/C41H28O27/c42-11-1-7(36(56)57)2-15(22(11)46)64-33-21-20(29(53)30(54)31(33)55)19-8(3-12(43)25(49)28(19)52)37(58)63-6-16-32(66-40(21)61)34-35(41(62)65-16)68-39(60)10-5-14(45)24(48)27(51)18(10)17-9(38(59)67-34)4-13(44)23(47)26(17)50/h1-5,16,32,34-35,41-55,62H,6H2,(H,56,57). The summed E-state index contributed by atoms with van der Waals surface area (Å²) in [5.74, 6) is -31.8. The maximum atomic E-state index is 14.9. The first-order valence-electron chi connectivity index (χ1n) is 18.7. The van der Waals surface area contributed by atoms with E-state index in [9.17, 15) is 106 Å². The van der Waals surface area contributed by atoms with Crippen molar-refractivity contribution in [1.82, 2.24) is 0 Å². The van der Waals surface area contributed by atoms with Crippen LogP contribution in [0.15, 0.2) is 30.3 Å². The third-order valence-electron chi connectivity index (χ3n) is 10.7. The van der Waals surface area contributed by atoms with Gasteiger partial charge in [0.2, 0.25) is 34.5 Å². The quantitative estimate of drug-likeness (QED) is 0.0693. The molecule has 1 saturated heterocycles. The van der Waals surface area contributed by atoms with Crippen molar-refractivity contribution in [3.05, 3.63) is 58.1 Å². The lowest BCUT2D eigenvalue weighted by Crippen LogP contribution is -2.62. The van der Waals surface area contributed by atoms with E-state index in [0.717, 1.165) is 0 Å². The fourth-order valence-corrected chi connectivity index (χ4v) is 7.53. The average molecular weight is 953 g/mol. The van der Waals surface area contributed by atoms with Gasteiger partial charge in [-0.25, -0.2) is 24.0 Å². The number of carbonyl (C=O) groups excluding carboxylic acids is 4. The van der Waals surface area contributed by atoms with Crippen LogP contribution in [0.4, 0.5) is 0 Å². The second kappa shape index (κ2) is 15.8. The SMILES string of the molecule is O=C(O)c1cc(O)c(O)c(Oc2c(O)c(O)c(O)c3c2C(=O)OC2C(COC(=O)c4cc(O)c(O)c(O)c4-3)OC(O)C3OC(=O)c4cc(O)c(O)c(O)c4-c4c(cc(O)c(O)c4O)C(=O)OC32)c1. The number of ether oxygens (including phenoxy) is 6. The Morgan fingerprint density at radius 3 is 1.43 bits per heavy atom. The molecule has 27 nitrogen and oxygen atoms in total. The molecule has 5 atom stereocenters. The van der Waals surface area contributed by atoms with Crippen molar-refractivity contribution in [1.29, 1.82) is 0 Å². The van der Waals surface area contributed by atoms with E-state index in [0.29, 0.717) is 30.3 Å². The summed E-state index contributed by atoms with van der Waals surface area (Å²) in [6.45, 7) is -1.25. The van der Waals surface area contributed by atoms with E-state index < -0.39 is 209 Å². The molecule has 68 heavy (non-hydrogen) atoms. The van der Waals surface area contributed by atoms with E-state index >= 15 is 0 Å². The Morgan fingerprint density at radius 2 is 0.912 bits per heavy atom. The van der Waals surface area contributed by atoms with Crippen LogP contribution in [0.1, 0.15) is 51.8 Å². The molecule has 27 heteroatoms. The molecule has 0 bridgehead atoms. The number of aliphatic hydroxyl groups is 1. The molecule has 3 aliphatic heterocycles. The van der Waals surface area contributed by atoms with E-state index in [4.69, 9.17) is 28.4 Å². The molecule has 5 aromatic carbocycles. The minimum Gasteiger partial charge on any atom is -0.504 e. The number of phenolic OH excluding ortho intramolecular Hbond substituents is 14. The van der Waals surface area contributed by atoms with E-state index in [1.54, 1.807) is 0 Å². The van der Waals surface area contributed by atoms with Gasteiger partial charge in [-0.15, -0.1) is 0 Å². The van der Waals surface area contributed by atoms with Gasteiger partial charge in [0.15, 0.2) is 82.1 Å². The first-order chi connectivity index (χ1) is 31.9. The summed E-state index contributed by atoms with van der Waals surface area (Å²) >= 11 is 0. The van der Waals surface area contributed by atoms with Gasteiger partial charge in [-0.3, -0.25) is 0 Å². The number of cyclic esters (lactones) is 1. The van der Waals surface area contributed by atoms with Gasteiger partial charge < -0.3 is 110 Å². The number of esters is 4. The third-order valence-corrected chi connectivity index (χ3v) is 10.7. The van der Waals surface area contributed by atoms with Gasteiger partial charge in [0, 0.05) is 16.7 Å². The number of aromatic carboxylic acids is 1. The lowest BCUT2D eigenvalue weighted by Gasteiger charge is -2.43. The van der Waals surface area contributed by atoms with Gasteiger partial charge in [-0.2, -0.15) is 0 Å². The number of benzene rings is 5. The number of fused-ring (bicyclic) bond motifs is 9. The van der Waals surface area contributed by atoms with Crippen molar-refractivity contribution in [3.8, 4) is 114 Å². The Bertz CT molecular complexity index is 3100. The van der Waals surface area contributed by atoms with Crippen molar-refractivity contribution in [2.24, 2.45) is 0 Å². The zero-order valence-electron chi connectivity index (χ0n) is 33.1. The normalized spacial score (nSPS) is 19.9. The molecule has 0 radical (unpaired) electrons. The molecule has 5 unspecified atom stereocenters. The maximum Gasteiger partial charge on any atom is 0.343 e. The summed E-state index contributed by atoms with van der Waals surface area (Å²) in [6.07, 6.45) is -12.2. The minimum atomic E-state index is -2.56. The van der Waals surface area contributed by atoms with Gasteiger partial charge in [0.25, 0.3) is 0 Å². The summed E-state index contributed by atoms with van der Waals surface area (Å²) in [4.78, 5) is 69.0. The second-order valence-corrected chi connectivity index (χ2v) is 14.7.